The maximum absolute atomic E-state index is 10.8. The second-order valence-corrected chi connectivity index (χ2v) is 5.02. The minimum absolute atomic E-state index is 0.150. The summed E-state index contributed by atoms with van der Waals surface area (Å²) in [5.74, 6) is -0.740. The molecule has 104 valence electrons. The highest BCUT2D eigenvalue weighted by Gasteiger charge is 2.20. The minimum atomic E-state index is -0.740. The van der Waals surface area contributed by atoms with Gasteiger partial charge in [0.05, 0.1) is 6.54 Å². The molecule has 5 heteroatoms. The lowest BCUT2D eigenvalue weighted by molar-refractivity contribution is -0.138. The summed E-state index contributed by atoms with van der Waals surface area (Å²) in [5, 5.41) is 8.85. The first-order valence-electron chi connectivity index (χ1n) is 6.75. The predicted molar refractivity (Wildman–Crippen MR) is 72.9 cm³/mol. The van der Waals surface area contributed by atoms with E-state index < -0.39 is 5.97 Å². The second-order valence-electron chi connectivity index (χ2n) is 5.02. The van der Waals surface area contributed by atoms with Crippen LogP contribution in [0.15, 0.2) is 24.5 Å². The van der Waals surface area contributed by atoms with Gasteiger partial charge >= 0.3 is 5.97 Å². The molecule has 0 saturated carbocycles. The van der Waals surface area contributed by atoms with Gasteiger partial charge in [0.1, 0.15) is 0 Å². The fourth-order valence-corrected chi connectivity index (χ4v) is 2.58. The van der Waals surface area contributed by atoms with Crippen molar-refractivity contribution in [2.24, 2.45) is 0 Å². The van der Waals surface area contributed by atoms with Crippen molar-refractivity contribution in [2.45, 2.75) is 19.4 Å². The maximum Gasteiger partial charge on any atom is 0.317 e. The first-order chi connectivity index (χ1) is 9.16. The van der Waals surface area contributed by atoms with Crippen LogP contribution in [0.4, 0.5) is 0 Å². The SMILES string of the molecule is CC(c1ccncc1)N1CCCN(CC(=O)O)CC1. The van der Waals surface area contributed by atoms with Gasteiger partial charge in [-0.2, -0.15) is 0 Å². The van der Waals surface area contributed by atoms with E-state index >= 15 is 0 Å². The molecule has 2 heterocycles. The Morgan fingerprint density at radius 2 is 2.05 bits per heavy atom. The van der Waals surface area contributed by atoms with Gasteiger partial charge in [0.25, 0.3) is 0 Å². The number of nitrogens with zero attached hydrogens (tertiary/aromatic N) is 3. The van der Waals surface area contributed by atoms with Gasteiger partial charge in [-0.05, 0) is 31.0 Å². The van der Waals surface area contributed by atoms with Crippen molar-refractivity contribution in [1.29, 1.82) is 0 Å². The quantitative estimate of drug-likeness (QED) is 0.885. The highest BCUT2D eigenvalue weighted by Crippen LogP contribution is 2.20. The topological polar surface area (TPSA) is 56.7 Å². The van der Waals surface area contributed by atoms with E-state index in [4.69, 9.17) is 5.11 Å². The van der Waals surface area contributed by atoms with Crippen molar-refractivity contribution < 1.29 is 9.90 Å². The van der Waals surface area contributed by atoms with Crippen LogP contribution >= 0.6 is 0 Å². The Bertz CT molecular complexity index is 410. The lowest BCUT2D eigenvalue weighted by atomic mass is 10.1. The van der Waals surface area contributed by atoms with E-state index in [2.05, 4.69) is 16.8 Å². The molecule has 1 unspecified atom stereocenters. The molecule has 1 saturated heterocycles. The van der Waals surface area contributed by atoms with Crippen molar-refractivity contribution >= 4 is 5.97 Å². The summed E-state index contributed by atoms with van der Waals surface area (Å²) in [5.41, 5.74) is 1.27. The molecular formula is C14H21N3O2. The number of aromatic nitrogens is 1. The lowest BCUT2D eigenvalue weighted by Gasteiger charge is -2.28. The van der Waals surface area contributed by atoms with Gasteiger partial charge in [0.15, 0.2) is 0 Å². The lowest BCUT2D eigenvalue weighted by Crippen LogP contribution is -2.35. The van der Waals surface area contributed by atoms with Crippen molar-refractivity contribution in [3.05, 3.63) is 30.1 Å². The number of aliphatic carboxylic acids is 1. The van der Waals surface area contributed by atoms with Crippen LogP contribution < -0.4 is 0 Å². The van der Waals surface area contributed by atoms with E-state index in [-0.39, 0.29) is 6.54 Å². The van der Waals surface area contributed by atoms with E-state index in [1.807, 2.05) is 29.4 Å². The Kier molecular flexibility index (Phi) is 4.87. The molecule has 0 bridgehead atoms. The average Bonchev–Trinajstić information content (AvgIpc) is 2.64. The zero-order valence-electron chi connectivity index (χ0n) is 11.3. The Labute approximate surface area is 113 Å². The van der Waals surface area contributed by atoms with Gasteiger partial charge < -0.3 is 5.11 Å². The molecule has 1 aliphatic rings. The fourth-order valence-electron chi connectivity index (χ4n) is 2.58. The third-order valence-corrected chi connectivity index (χ3v) is 3.72. The molecule has 1 aromatic rings. The molecule has 0 aliphatic carbocycles. The van der Waals surface area contributed by atoms with Gasteiger partial charge in [0, 0.05) is 44.6 Å². The number of pyridine rings is 1. The summed E-state index contributed by atoms with van der Waals surface area (Å²) in [7, 11) is 0. The molecule has 0 spiro atoms. The van der Waals surface area contributed by atoms with Crippen LogP contribution in [0, 0.1) is 0 Å². The van der Waals surface area contributed by atoms with E-state index in [1.54, 1.807) is 0 Å². The molecule has 2 rings (SSSR count). The highest BCUT2D eigenvalue weighted by atomic mass is 16.4. The molecule has 1 fully saturated rings. The van der Waals surface area contributed by atoms with Gasteiger partial charge in [0.2, 0.25) is 0 Å². The van der Waals surface area contributed by atoms with Gasteiger partial charge in [-0.15, -0.1) is 0 Å². The largest absolute Gasteiger partial charge is 0.480 e. The zero-order chi connectivity index (χ0) is 13.7. The average molecular weight is 263 g/mol. The van der Waals surface area contributed by atoms with Gasteiger partial charge in [-0.25, -0.2) is 0 Å². The molecule has 1 aromatic heterocycles. The molecule has 1 atom stereocenters. The number of hydrogen-bond donors (Lipinski definition) is 1. The maximum atomic E-state index is 10.8. The second kappa shape index (κ2) is 6.63. The predicted octanol–water partition coefficient (Wildman–Crippen LogP) is 1.23. The fraction of sp³-hybridized carbons (Fsp3) is 0.571. The number of rotatable bonds is 4. The molecule has 1 N–H and O–H groups in total. The summed E-state index contributed by atoms with van der Waals surface area (Å²) in [6.07, 6.45) is 4.66. The summed E-state index contributed by atoms with van der Waals surface area (Å²) in [4.78, 5) is 19.2. The molecule has 0 radical (unpaired) electrons. The van der Waals surface area contributed by atoms with Crippen LogP contribution in [0.25, 0.3) is 0 Å². The summed E-state index contributed by atoms with van der Waals surface area (Å²) < 4.78 is 0. The van der Waals surface area contributed by atoms with Gasteiger partial charge in [-0.3, -0.25) is 19.6 Å². The van der Waals surface area contributed by atoms with E-state index in [9.17, 15) is 4.79 Å². The van der Waals surface area contributed by atoms with Crippen molar-refractivity contribution in [3.8, 4) is 0 Å². The van der Waals surface area contributed by atoms with Crippen molar-refractivity contribution in [1.82, 2.24) is 14.8 Å². The van der Waals surface area contributed by atoms with Crippen molar-refractivity contribution in [2.75, 3.05) is 32.7 Å². The Hall–Kier alpha value is -1.46. The number of hydrogen-bond acceptors (Lipinski definition) is 4. The Morgan fingerprint density at radius 1 is 1.32 bits per heavy atom. The van der Waals surface area contributed by atoms with E-state index in [1.165, 1.54) is 5.56 Å². The Morgan fingerprint density at radius 3 is 2.74 bits per heavy atom. The summed E-state index contributed by atoms with van der Waals surface area (Å²) in [6, 6.07) is 4.45. The van der Waals surface area contributed by atoms with Crippen LogP contribution in [0.3, 0.4) is 0 Å². The minimum Gasteiger partial charge on any atom is -0.480 e. The van der Waals surface area contributed by atoms with E-state index in [0.717, 1.165) is 32.6 Å². The standard InChI is InChI=1S/C14H21N3O2/c1-12(13-3-5-15-6-4-13)17-8-2-7-16(9-10-17)11-14(18)19/h3-6,12H,2,7-11H2,1H3,(H,18,19). The third kappa shape index (κ3) is 4.01. The highest BCUT2D eigenvalue weighted by molar-refractivity contribution is 5.69. The van der Waals surface area contributed by atoms with E-state index in [0.29, 0.717) is 6.04 Å². The molecule has 0 amide bonds. The van der Waals surface area contributed by atoms with Crippen LogP contribution in [0.5, 0.6) is 0 Å². The summed E-state index contributed by atoms with van der Waals surface area (Å²) in [6.45, 7) is 5.96. The third-order valence-electron chi connectivity index (χ3n) is 3.72. The van der Waals surface area contributed by atoms with Gasteiger partial charge in [-0.1, -0.05) is 0 Å². The number of carbonyl (C=O) groups is 1. The first-order valence-corrected chi connectivity index (χ1v) is 6.75. The smallest absolute Gasteiger partial charge is 0.317 e. The van der Waals surface area contributed by atoms with Crippen molar-refractivity contribution in [3.63, 3.8) is 0 Å². The first kappa shape index (κ1) is 14.0. The number of carboxylic acid groups (broad SMARTS) is 1. The van der Waals surface area contributed by atoms with Crippen LogP contribution in [-0.2, 0) is 4.79 Å². The Balaban J connectivity index is 1.93. The molecular weight excluding hydrogens is 242 g/mol. The monoisotopic (exact) mass is 263 g/mol. The number of carboxylic acids is 1. The van der Waals surface area contributed by atoms with Crippen LogP contribution in [-0.4, -0.2) is 58.6 Å². The van der Waals surface area contributed by atoms with Crippen LogP contribution in [0.2, 0.25) is 0 Å². The molecule has 5 nitrogen and oxygen atoms in total. The van der Waals surface area contributed by atoms with Crippen LogP contribution in [0.1, 0.15) is 24.9 Å². The zero-order valence-corrected chi connectivity index (χ0v) is 11.3. The normalized spacial score (nSPS) is 19.8. The molecule has 1 aliphatic heterocycles. The summed E-state index contributed by atoms with van der Waals surface area (Å²) >= 11 is 0. The molecule has 19 heavy (non-hydrogen) atoms. The molecule has 0 aromatic carbocycles.